The van der Waals surface area contributed by atoms with E-state index in [4.69, 9.17) is 0 Å². The number of anilines is 1. The Bertz CT molecular complexity index is 937. The standard InChI is InChI=1S/C24H23NO2/c26-23(27)16-24(17-25-20-11-5-2-6-12-20)14-19-10-7-13-21(22(19)15-24)18-8-3-1-4-9-18/h1-13,25H,14-17H2,(H,26,27). The maximum Gasteiger partial charge on any atom is 0.303 e. The summed E-state index contributed by atoms with van der Waals surface area (Å²) in [5.41, 5.74) is 5.69. The third kappa shape index (κ3) is 3.72. The number of carboxylic acids is 1. The summed E-state index contributed by atoms with van der Waals surface area (Å²) in [5, 5.41) is 13.0. The van der Waals surface area contributed by atoms with E-state index in [1.807, 2.05) is 48.5 Å². The molecule has 1 aliphatic carbocycles. The summed E-state index contributed by atoms with van der Waals surface area (Å²) in [4.78, 5) is 11.7. The van der Waals surface area contributed by atoms with Crippen LogP contribution in [-0.2, 0) is 17.6 Å². The van der Waals surface area contributed by atoms with Crippen LogP contribution >= 0.6 is 0 Å². The van der Waals surface area contributed by atoms with E-state index in [0.717, 1.165) is 18.5 Å². The van der Waals surface area contributed by atoms with Gasteiger partial charge in [0.1, 0.15) is 0 Å². The first-order valence-electron chi connectivity index (χ1n) is 9.32. The molecule has 4 rings (SSSR count). The number of carboxylic acid groups (broad SMARTS) is 1. The summed E-state index contributed by atoms with van der Waals surface area (Å²) in [6.07, 6.45) is 1.73. The van der Waals surface area contributed by atoms with Gasteiger partial charge in [0.15, 0.2) is 0 Å². The van der Waals surface area contributed by atoms with Crippen LogP contribution < -0.4 is 5.32 Å². The maximum atomic E-state index is 11.7. The molecule has 3 nitrogen and oxygen atoms in total. The van der Waals surface area contributed by atoms with Gasteiger partial charge in [-0.1, -0.05) is 66.7 Å². The van der Waals surface area contributed by atoms with E-state index < -0.39 is 5.97 Å². The number of aliphatic carboxylic acids is 1. The molecular weight excluding hydrogens is 334 g/mol. The Morgan fingerprint density at radius 3 is 2.30 bits per heavy atom. The molecule has 2 N–H and O–H groups in total. The van der Waals surface area contributed by atoms with Gasteiger partial charge in [0.05, 0.1) is 6.42 Å². The quantitative estimate of drug-likeness (QED) is 0.651. The fourth-order valence-electron chi connectivity index (χ4n) is 4.22. The van der Waals surface area contributed by atoms with Gasteiger partial charge in [0.2, 0.25) is 0 Å². The fourth-order valence-corrected chi connectivity index (χ4v) is 4.22. The van der Waals surface area contributed by atoms with E-state index in [0.29, 0.717) is 6.54 Å². The highest BCUT2D eigenvalue weighted by Gasteiger charge is 2.40. The summed E-state index contributed by atoms with van der Waals surface area (Å²) in [6.45, 7) is 0.645. The highest BCUT2D eigenvalue weighted by Crippen LogP contribution is 2.43. The van der Waals surface area contributed by atoms with Crippen LogP contribution in [0, 0.1) is 5.41 Å². The predicted molar refractivity (Wildman–Crippen MR) is 109 cm³/mol. The number of hydrogen-bond acceptors (Lipinski definition) is 2. The average molecular weight is 357 g/mol. The van der Waals surface area contributed by atoms with Crippen molar-refractivity contribution in [2.24, 2.45) is 5.41 Å². The molecule has 0 heterocycles. The van der Waals surface area contributed by atoms with Gasteiger partial charge < -0.3 is 10.4 Å². The van der Waals surface area contributed by atoms with Gasteiger partial charge in [-0.05, 0) is 47.2 Å². The van der Waals surface area contributed by atoms with Crippen LogP contribution in [0.3, 0.4) is 0 Å². The Kier molecular flexibility index (Phi) is 4.68. The number of carbonyl (C=O) groups is 1. The minimum Gasteiger partial charge on any atom is -0.481 e. The van der Waals surface area contributed by atoms with E-state index in [1.165, 1.54) is 22.3 Å². The molecule has 1 atom stereocenters. The van der Waals surface area contributed by atoms with Crippen molar-refractivity contribution < 1.29 is 9.90 Å². The second-order valence-corrected chi connectivity index (χ2v) is 7.45. The molecule has 0 saturated carbocycles. The van der Waals surface area contributed by atoms with Crippen LogP contribution in [0.5, 0.6) is 0 Å². The van der Waals surface area contributed by atoms with Crippen molar-refractivity contribution >= 4 is 11.7 Å². The monoisotopic (exact) mass is 357 g/mol. The summed E-state index contributed by atoms with van der Waals surface area (Å²) in [7, 11) is 0. The third-order valence-electron chi connectivity index (χ3n) is 5.44. The van der Waals surface area contributed by atoms with Gasteiger partial charge in [0, 0.05) is 17.6 Å². The highest BCUT2D eigenvalue weighted by atomic mass is 16.4. The lowest BCUT2D eigenvalue weighted by atomic mass is 9.80. The van der Waals surface area contributed by atoms with E-state index >= 15 is 0 Å². The number of rotatable bonds is 6. The Hall–Kier alpha value is -3.07. The summed E-state index contributed by atoms with van der Waals surface area (Å²) in [6, 6.07) is 26.7. The van der Waals surface area contributed by atoms with Crippen LogP contribution in [0.15, 0.2) is 78.9 Å². The Morgan fingerprint density at radius 2 is 1.59 bits per heavy atom. The van der Waals surface area contributed by atoms with Gasteiger partial charge in [-0.2, -0.15) is 0 Å². The van der Waals surface area contributed by atoms with Crippen LogP contribution in [0.1, 0.15) is 17.5 Å². The van der Waals surface area contributed by atoms with Crippen molar-refractivity contribution in [3.05, 3.63) is 90.0 Å². The van der Waals surface area contributed by atoms with Crippen molar-refractivity contribution in [2.75, 3.05) is 11.9 Å². The summed E-state index contributed by atoms with van der Waals surface area (Å²) < 4.78 is 0. The maximum absolute atomic E-state index is 11.7. The average Bonchev–Trinajstić information content (AvgIpc) is 3.05. The minimum absolute atomic E-state index is 0.162. The van der Waals surface area contributed by atoms with Gasteiger partial charge in [0.25, 0.3) is 0 Å². The normalized spacial score (nSPS) is 18.1. The van der Waals surface area contributed by atoms with E-state index in [1.54, 1.807) is 0 Å². The molecule has 3 heteroatoms. The smallest absolute Gasteiger partial charge is 0.303 e. The lowest BCUT2D eigenvalue weighted by Gasteiger charge is -2.28. The molecule has 3 aromatic carbocycles. The zero-order valence-electron chi connectivity index (χ0n) is 15.2. The molecule has 27 heavy (non-hydrogen) atoms. The predicted octanol–water partition coefficient (Wildman–Crippen LogP) is 5.03. The van der Waals surface area contributed by atoms with Crippen molar-refractivity contribution in [1.29, 1.82) is 0 Å². The number of para-hydroxylation sites is 1. The van der Waals surface area contributed by atoms with Crippen LogP contribution in [0.25, 0.3) is 11.1 Å². The molecular formula is C24H23NO2. The molecule has 0 amide bonds. The molecule has 0 aliphatic heterocycles. The molecule has 0 radical (unpaired) electrons. The number of benzene rings is 3. The number of nitrogens with one attached hydrogen (secondary N) is 1. The first-order valence-corrected chi connectivity index (χ1v) is 9.32. The summed E-state index contributed by atoms with van der Waals surface area (Å²) >= 11 is 0. The van der Waals surface area contributed by atoms with Gasteiger partial charge in [-0.15, -0.1) is 0 Å². The Labute approximate surface area is 159 Å². The van der Waals surface area contributed by atoms with E-state index in [2.05, 4.69) is 35.6 Å². The Morgan fingerprint density at radius 1 is 0.889 bits per heavy atom. The molecule has 0 fully saturated rings. The van der Waals surface area contributed by atoms with Crippen molar-refractivity contribution in [1.82, 2.24) is 0 Å². The second-order valence-electron chi connectivity index (χ2n) is 7.45. The van der Waals surface area contributed by atoms with E-state index in [9.17, 15) is 9.90 Å². The molecule has 0 saturated heterocycles. The summed E-state index contributed by atoms with van der Waals surface area (Å²) in [5.74, 6) is -0.737. The largest absolute Gasteiger partial charge is 0.481 e. The van der Waals surface area contributed by atoms with E-state index in [-0.39, 0.29) is 11.8 Å². The minimum atomic E-state index is -0.737. The lowest BCUT2D eigenvalue weighted by Crippen LogP contribution is -2.33. The van der Waals surface area contributed by atoms with Gasteiger partial charge >= 0.3 is 5.97 Å². The number of hydrogen-bond donors (Lipinski definition) is 2. The highest BCUT2D eigenvalue weighted by molar-refractivity contribution is 5.72. The third-order valence-corrected chi connectivity index (χ3v) is 5.44. The Balaban J connectivity index is 1.65. The van der Waals surface area contributed by atoms with Crippen molar-refractivity contribution in [3.63, 3.8) is 0 Å². The van der Waals surface area contributed by atoms with Crippen LogP contribution in [-0.4, -0.2) is 17.6 Å². The van der Waals surface area contributed by atoms with Crippen LogP contribution in [0.4, 0.5) is 5.69 Å². The molecule has 136 valence electrons. The second kappa shape index (κ2) is 7.28. The first kappa shape index (κ1) is 17.3. The fraction of sp³-hybridized carbons (Fsp3) is 0.208. The molecule has 1 aliphatic rings. The van der Waals surface area contributed by atoms with Crippen LogP contribution in [0.2, 0.25) is 0 Å². The lowest BCUT2D eigenvalue weighted by molar-refractivity contribution is -0.139. The molecule has 0 spiro atoms. The van der Waals surface area contributed by atoms with Crippen molar-refractivity contribution in [2.45, 2.75) is 19.3 Å². The molecule has 0 aromatic heterocycles. The first-order chi connectivity index (χ1) is 13.2. The zero-order valence-corrected chi connectivity index (χ0v) is 15.2. The molecule has 1 unspecified atom stereocenters. The zero-order chi connectivity index (χ0) is 18.7. The molecule has 0 bridgehead atoms. The molecule has 3 aromatic rings. The van der Waals surface area contributed by atoms with Gasteiger partial charge in [-0.3, -0.25) is 4.79 Å². The number of fused-ring (bicyclic) bond motifs is 1. The van der Waals surface area contributed by atoms with Gasteiger partial charge in [-0.25, -0.2) is 0 Å². The SMILES string of the molecule is O=C(O)CC1(CNc2ccccc2)Cc2cccc(-c3ccccc3)c2C1. The van der Waals surface area contributed by atoms with Crippen molar-refractivity contribution in [3.8, 4) is 11.1 Å². The topological polar surface area (TPSA) is 49.3 Å².